The number of fused-ring (bicyclic) bond motifs is 2. The minimum atomic E-state index is -0.883. The van der Waals surface area contributed by atoms with Gasteiger partial charge in [-0.25, -0.2) is 0 Å². The second-order valence-corrected chi connectivity index (χ2v) is 6.21. The molecule has 0 saturated carbocycles. The largest absolute Gasteiger partial charge is 0.481 e. The number of nitrogens with zero attached hydrogens (tertiary/aromatic N) is 1. The molecule has 21 heavy (non-hydrogen) atoms. The van der Waals surface area contributed by atoms with Crippen molar-refractivity contribution in [2.75, 3.05) is 13.1 Å². The fourth-order valence-corrected chi connectivity index (χ4v) is 3.55. The van der Waals surface area contributed by atoms with Crippen LogP contribution in [0.1, 0.15) is 52.4 Å². The first-order valence-electron chi connectivity index (χ1n) is 8.27. The van der Waals surface area contributed by atoms with Gasteiger partial charge in [0.1, 0.15) is 0 Å². The molecule has 2 aliphatic rings. The Morgan fingerprint density at radius 2 is 1.57 bits per heavy atom. The lowest BCUT2D eigenvalue weighted by Crippen LogP contribution is -2.46. The zero-order valence-corrected chi connectivity index (χ0v) is 13.1. The van der Waals surface area contributed by atoms with Crippen LogP contribution >= 0.6 is 0 Å². The number of amides is 1. The Balaban J connectivity index is 2.08. The molecule has 0 radical (unpaired) electrons. The van der Waals surface area contributed by atoms with Crippen molar-refractivity contribution in [2.45, 2.75) is 64.6 Å². The molecule has 0 unspecified atom stereocenters. The summed E-state index contributed by atoms with van der Waals surface area (Å²) in [7, 11) is 0. The standard InChI is InChI=1S/C16H27NO4/c1-3-5-9-17(10-6-4-2)15(18)13-11-7-8-12(21-11)14(13)16(19)20/h11-14H,3-10H2,1-2H3,(H,19,20)/t11-,12-,13-,14-/m0/s1. The normalized spacial score (nSPS) is 30.6. The summed E-state index contributed by atoms with van der Waals surface area (Å²) in [4.78, 5) is 26.2. The van der Waals surface area contributed by atoms with Gasteiger partial charge in [0, 0.05) is 13.1 Å². The van der Waals surface area contributed by atoms with Gasteiger partial charge in [0.25, 0.3) is 0 Å². The first-order chi connectivity index (χ1) is 10.1. The number of carbonyl (C=O) groups is 2. The van der Waals surface area contributed by atoms with Gasteiger partial charge in [0.2, 0.25) is 5.91 Å². The van der Waals surface area contributed by atoms with E-state index in [9.17, 15) is 14.7 Å². The van der Waals surface area contributed by atoms with E-state index < -0.39 is 17.8 Å². The maximum Gasteiger partial charge on any atom is 0.310 e. The third-order valence-corrected chi connectivity index (χ3v) is 4.72. The molecule has 1 amide bonds. The van der Waals surface area contributed by atoms with Crippen LogP contribution in [0.2, 0.25) is 0 Å². The molecule has 2 bridgehead atoms. The molecule has 0 spiro atoms. The molecule has 4 atom stereocenters. The number of carbonyl (C=O) groups excluding carboxylic acids is 1. The third kappa shape index (κ3) is 3.39. The fraction of sp³-hybridized carbons (Fsp3) is 0.875. The Labute approximate surface area is 126 Å². The van der Waals surface area contributed by atoms with Crippen LogP contribution in [0.4, 0.5) is 0 Å². The second-order valence-electron chi connectivity index (χ2n) is 6.21. The van der Waals surface area contributed by atoms with Crippen molar-refractivity contribution in [3.05, 3.63) is 0 Å². The van der Waals surface area contributed by atoms with Gasteiger partial charge in [0.15, 0.2) is 0 Å². The summed E-state index contributed by atoms with van der Waals surface area (Å²) < 4.78 is 5.71. The van der Waals surface area contributed by atoms with E-state index in [4.69, 9.17) is 4.74 Å². The lowest BCUT2D eigenvalue weighted by molar-refractivity contribution is -0.151. The van der Waals surface area contributed by atoms with E-state index in [0.717, 1.165) is 51.6 Å². The molecule has 5 heteroatoms. The molecule has 0 aliphatic carbocycles. The first-order valence-corrected chi connectivity index (χ1v) is 8.27. The molecule has 2 saturated heterocycles. The molecular formula is C16H27NO4. The van der Waals surface area contributed by atoms with Gasteiger partial charge in [-0.2, -0.15) is 0 Å². The number of ether oxygens (including phenoxy) is 1. The SMILES string of the molecule is CCCCN(CCCC)C(=O)[C@@H]1[C@@H](C(=O)O)[C@@H]2CC[C@@H]1O2. The quantitative estimate of drug-likeness (QED) is 0.746. The molecule has 0 aromatic heterocycles. The van der Waals surface area contributed by atoms with Crippen LogP contribution in [-0.2, 0) is 14.3 Å². The number of unbranched alkanes of at least 4 members (excludes halogenated alkanes) is 2. The molecule has 2 aliphatic heterocycles. The van der Waals surface area contributed by atoms with Crippen molar-refractivity contribution in [1.29, 1.82) is 0 Å². The Kier molecular flexibility index (Phi) is 5.62. The zero-order chi connectivity index (χ0) is 15.4. The third-order valence-electron chi connectivity index (χ3n) is 4.72. The highest BCUT2D eigenvalue weighted by atomic mass is 16.5. The minimum absolute atomic E-state index is 0.00324. The number of rotatable bonds is 8. The van der Waals surface area contributed by atoms with E-state index in [-0.39, 0.29) is 18.1 Å². The monoisotopic (exact) mass is 297 g/mol. The van der Waals surface area contributed by atoms with Crippen LogP contribution in [0.15, 0.2) is 0 Å². The maximum atomic E-state index is 12.8. The Morgan fingerprint density at radius 1 is 1.05 bits per heavy atom. The number of hydrogen-bond acceptors (Lipinski definition) is 3. The Bertz CT molecular complexity index is 376. The molecular weight excluding hydrogens is 270 g/mol. The summed E-state index contributed by atoms with van der Waals surface area (Å²) in [5.74, 6) is -2.01. The fourth-order valence-electron chi connectivity index (χ4n) is 3.55. The van der Waals surface area contributed by atoms with Gasteiger partial charge in [-0.3, -0.25) is 9.59 Å². The Morgan fingerprint density at radius 3 is 2.05 bits per heavy atom. The average Bonchev–Trinajstić information content (AvgIpc) is 3.07. The zero-order valence-electron chi connectivity index (χ0n) is 13.1. The van der Waals surface area contributed by atoms with Gasteiger partial charge >= 0.3 is 5.97 Å². The van der Waals surface area contributed by atoms with E-state index >= 15 is 0 Å². The van der Waals surface area contributed by atoms with Gasteiger partial charge in [-0.1, -0.05) is 26.7 Å². The number of hydrogen-bond donors (Lipinski definition) is 1. The molecule has 2 rings (SSSR count). The highest BCUT2D eigenvalue weighted by molar-refractivity contribution is 5.86. The van der Waals surface area contributed by atoms with E-state index in [0.29, 0.717) is 0 Å². The lowest BCUT2D eigenvalue weighted by Gasteiger charge is -2.30. The van der Waals surface area contributed by atoms with Crippen molar-refractivity contribution in [2.24, 2.45) is 11.8 Å². The van der Waals surface area contributed by atoms with Crippen molar-refractivity contribution in [1.82, 2.24) is 4.90 Å². The van der Waals surface area contributed by atoms with E-state index in [1.54, 1.807) is 0 Å². The van der Waals surface area contributed by atoms with Crippen LogP contribution in [-0.4, -0.2) is 47.2 Å². The topological polar surface area (TPSA) is 66.8 Å². The van der Waals surface area contributed by atoms with Crippen LogP contribution in [0, 0.1) is 11.8 Å². The van der Waals surface area contributed by atoms with Crippen LogP contribution in [0.5, 0.6) is 0 Å². The van der Waals surface area contributed by atoms with Crippen LogP contribution in [0.3, 0.4) is 0 Å². The molecule has 2 fully saturated rings. The number of carboxylic acids is 1. The van der Waals surface area contributed by atoms with Crippen molar-refractivity contribution in [3.63, 3.8) is 0 Å². The molecule has 5 nitrogen and oxygen atoms in total. The average molecular weight is 297 g/mol. The minimum Gasteiger partial charge on any atom is -0.481 e. The van der Waals surface area contributed by atoms with Gasteiger partial charge in [0.05, 0.1) is 24.0 Å². The van der Waals surface area contributed by atoms with E-state index in [2.05, 4.69) is 13.8 Å². The van der Waals surface area contributed by atoms with Crippen LogP contribution in [0.25, 0.3) is 0 Å². The van der Waals surface area contributed by atoms with Crippen molar-refractivity contribution >= 4 is 11.9 Å². The van der Waals surface area contributed by atoms with Gasteiger partial charge in [-0.05, 0) is 25.7 Å². The van der Waals surface area contributed by atoms with Crippen LogP contribution < -0.4 is 0 Å². The first kappa shape index (κ1) is 16.3. The summed E-state index contributed by atoms with van der Waals surface area (Å²) in [6, 6.07) is 0. The lowest BCUT2D eigenvalue weighted by atomic mass is 9.78. The molecule has 1 N–H and O–H groups in total. The van der Waals surface area contributed by atoms with Crippen molar-refractivity contribution < 1.29 is 19.4 Å². The molecule has 0 aromatic carbocycles. The summed E-state index contributed by atoms with van der Waals surface area (Å²) >= 11 is 0. The molecule has 2 heterocycles. The summed E-state index contributed by atoms with van der Waals surface area (Å²) in [5, 5.41) is 9.44. The number of carboxylic acid groups (broad SMARTS) is 1. The van der Waals surface area contributed by atoms with Crippen molar-refractivity contribution in [3.8, 4) is 0 Å². The second kappa shape index (κ2) is 7.25. The summed E-state index contributed by atoms with van der Waals surface area (Å²) in [5.41, 5.74) is 0. The van der Waals surface area contributed by atoms with E-state index in [1.165, 1.54) is 0 Å². The highest BCUT2D eigenvalue weighted by Gasteiger charge is 2.56. The summed E-state index contributed by atoms with van der Waals surface area (Å²) in [6.45, 7) is 5.66. The molecule has 0 aromatic rings. The van der Waals surface area contributed by atoms with Gasteiger partial charge in [-0.15, -0.1) is 0 Å². The maximum absolute atomic E-state index is 12.8. The van der Waals surface area contributed by atoms with Gasteiger partial charge < -0.3 is 14.7 Å². The Hall–Kier alpha value is -1.10. The highest BCUT2D eigenvalue weighted by Crippen LogP contribution is 2.44. The van der Waals surface area contributed by atoms with E-state index in [1.807, 2.05) is 4.90 Å². The predicted octanol–water partition coefficient (Wildman–Crippen LogP) is 2.29. The number of aliphatic carboxylic acids is 1. The predicted molar refractivity (Wildman–Crippen MR) is 78.9 cm³/mol. The smallest absolute Gasteiger partial charge is 0.310 e. The molecule has 120 valence electrons. The summed E-state index contributed by atoms with van der Waals surface area (Å²) in [6.07, 6.45) is 5.14.